The van der Waals surface area contributed by atoms with Crippen molar-refractivity contribution in [2.45, 2.75) is 58.7 Å². The van der Waals surface area contributed by atoms with Crippen molar-refractivity contribution in [1.29, 1.82) is 0 Å². The number of alkyl carbamates (subject to hydrolysis) is 1. The van der Waals surface area contributed by atoms with Gasteiger partial charge < -0.3 is 20.1 Å². The van der Waals surface area contributed by atoms with E-state index in [1.54, 1.807) is 20.8 Å². The molecule has 0 saturated heterocycles. The number of hydrogen-bond acceptors (Lipinski definition) is 7. The summed E-state index contributed by atoms with van der Waals surface area (Å²) in [5.41, 5.74) is 4.28. The van der Waals surface area contributed by atoms with Crippen molar-refractivity contribution in [2.24, 2.45) is 5.92 Å². The summed E-state index contributed by atoms with van der Waals surface area (Å²) in [6.07, 6.45) is -0.833. The Morgan fingerprint density at radius 2 is 1.45 bits per heavy atom. The van der Waals surface area contributed by atoms with E-state index in [0.29, 0.717) is 0 Å². The molecule has 10 nitrogen and oxygen atoms in total. The van der Waals surface area contributed by atoms with Crippen molar-refractivity contribution in [3.63, 3.8) is 0 Å². The number of fused-ring (bicyclic) bond motifs is 3. The molecule has 0 heterocycles. The van der Waals surface area contributed by atoms with Crippen LogP contribution in [0.2, 0.25) is 0 Å². The lowest BCUT2D eigenvalue weighted by molar-refractivity contribution is -0.180. The van der Waals surface area contributed by atoms with Crippen LogP contribution in [0.4, 0.5) is 4.79 Å². The minimum atomic E-state index is -1.33. The Morgan fingerprint density at radius 3 is 1.97 bits per heavy atom. The predicted molar refractivity (Wildman–Crippen MR) is 139 cm³/mol. The van der Waals surface area contributed by atoms with E-state index in [1.807, 2.05) is 48.5 Å². The van der Waals surface area contributed by atoms with Gasteiger partial charge >= 0.3 is 12.1 Å². The van der Waals surface area contributed by atoms with E-state index in [-0.39, 0.29) is 30.1 Å². The van der Waals surface area contributed by atoms with Crippen LogP contribution in [0.3, 0.4) is 0 Å². The Labute approximate surface area is 222 Å². The summed E-state index contributed by atoms with van der Waals surface area (Å²) in [6, 6.07) is 12.4. The molecular formula is C28H35N3O7. The maximum absolute atomic E-state index is 12.7. The number of amides is 3. The molecule has 0 bridgehead atoms. The predicted octanol–water partition coefficient (Wildman–Crippen LogP) is 3.22. The van der Waals surface area contributed by atoms with Gasteiger partial charge in [-0.2, -0.15) is 0 Å². The van der Waals surface area contributed by atoms with Crippen LogP contribution < -0.4 is 10.6 Å². The number of benzene rings is 2. The number of hydrogen-bond donors (Lipinski definition) is 3. The fourth-order valence-corrected chi connectivity index (χ4v) is 4.38. The highest BCUT2D eigenvalue weighted by molar-refractivity contribution is 5.92. The molecule has 3 N–H and O–H groups in total. The molecule has 0 fully saturated rings. The van der Waals surface area contributed by atoms with Crippen molar-refractivity contribution < 1.29 is 33.9 Å². The van der Waals surface area contributed by atoms with E-state index in [4.69, 9.17) is 9.47 Å². The monoisotopic (exact) mass is 525 g/mol. The molecule has 0 spiro atoms. The van der Waals surface area contributed by atoms with E-state index >= 15 is 0 Å². The average molecular weight is 526 g/mol. The van der Waals surface area contributed by atoms with Crippen LogP contribution in [0.15, 0.2) is 48.5 Å². The summed E-state index contributed by atoms with van der Waals surface area (Å²) < 4.78 is 10.4. The quantitative estimate of drug-likeness (QED) is 0.246. The number of carbonyl (C=O) groups excluding carboxylic acids is 4. The van der Waals surface area contributed by atoms with Crippen molar-refractivity contribution in [3.8, 4) is 11.1 Å². The molecule has 0 radical (unpaired) electrons. The topological polar surface area (TPSA) is 134 Å². The fourth-order valence-electron chi connectivity index (χ4n) is 4.38. The molecule has 38 heavy (non-hydrogen) atoms. The molecule has 1 aliphatic carbocycles. The van der Waals surface area contributed by atoms with Crippen LogP contribution >= 0.6 is 0 Å². The van der Waals surface area contributed by atoms with Crippen LogP contribution in [0.25, 0.3) is 11.1 Å². The summed E-state index contributed by atoms with van der Waals surface area (Å²) in [5, 5.41) is 15.5. The Balaban J connectivity index is 1.56. The second-order valence-corrected chi connectivity index (χ2v) is 9.53. The Hall–Kier alpha value is -3.92. The maximum Gasteiger partial charge on any atom is 0.407 e. The smallest absolute Gasteiger partial charge is 0.407 e. The number of ether oxygens (including phenoxy) is 2. The first-order valence-corrected chi connectivity index (χ1v) is 12.7. The fraction of sp³-hybridized carbons (Fsp3) is 0.429. The molecule has 0 saturated carbocycles. The van der Waals surface area contributed by atoms with Gasteiger partial charge in [-0.15, -0.1) is 0 Å². The molecule has 3 amide bonds. The SMILES string of the molecule is CCOC(=O)[C@@H](NC(=O)[C@@H](C)N(O)C(=O)[C@H](C)NC(=O)OCC1c2ccccc2-c2ccccc21)C(C)C. The number of nitrogens with one attached hydrogen (secondary N) is 2. The van der Waals surface area contributed by atoms with E-state index < -0.39 is 42.0 Å². The van der Waals surface area contributed by atoms with E-state index in [1.165, 1.54) is 13.8 Å². The standard InChI is InChI=1S/C28H35N3O7/c1-6-37-27(34)24(16(2)3)30-25(32)18(5)31(36)26(33)17(4)29-28(35)38-15-23-21-13-9-7-11-19(21)20-12-8-10-14-22(20)23/h7-14,16-18,23-24,36H,6,15H2,1-5H3,(H,29,35)(H,30,32)/t17-,18+,24-/m0/s1. The zero-order valence-electron chi connectivity index (χ0n) is 22.3. The number of nitrogens with zero attached hydrogens (tertiary/aromatic N) is 1. The van der Waals surface area contributed by atoms with Gasteiger partial charge in [0, 0.05) is 5.92 Å². The zero-order chi connectivity index (χ0) is 28.0. The van der Waals surface area contributed by atoms with Gasteiger partial charge in [-0.25, -0.2) is 14.7 Å². The lowest BCUT2D eigenvalue weighted by Gasteiger charge is -2.27. The van der Waals surface area contributed by atoms with E-state index in [9.17, 15) is 24.4 Å². The van der Waals surface area contributed by atoms with E-state index in [2.05, 4.69) is 10.6 Å². The van der Waals surface area contributed by atoms with E-state index in [0.717, 1.165) is 22.3 Å². The minimum absolute atomic E-state index is 0.0624. The Morgan fingerprint density at radius 1 is 0.895 bits per heavy atom. The summed E-state index contributed by atoms with van der Waals surface area (Å²) in [4.78, 5) is 50.0. The Bertz CT molecular complexity index is 1140. The first-order valence-electron chi connectivity index (χ1n) is 12.7. The van der Waals surface area contributed by atoms with Gasteiger partial charge in [0.25, 0.3) is 5.91 Å². The molecular weight excluding hydrogens is 490 g/mol. The highest BCUT2D eigenvalue weighted by Gasteiger charge is 2.34. The van der Waals surface area contributed by atoms with Gasteiger partial charge in [-0.05, 0) is 48.9 Å². The summed E-state index contributed by atoms with van der Waals surface area (Å²) in [7, 11) is 0. The third kappa shape index (κ3) is 6.31. The third-order valence-corrected chi connectivity index (χ3v) is 6.53. The minimum Gasteiger partial charge on any atom is -0.464 e. The lowest BCUT2D eigenvalue weighted by Crippen LogP contribution is -2.55. The molecule has 3 atom stereocenters. The molecule has 2 aromatic rings. The van der Waals surface area contributed by atoms with Crippen molar-refractivity contribution in [2.75, 3.05) is 13.2 Å². The average Bonchev–Trinajstić information content (AvgIpc) is 3.22. The molecule has 1 aliphatic rings. The van der Waals surface area contributed by atoms with Crippen molar-refractivity contribution in [3.05, 3.63) is 59.7 Å². The summed E-state index contributed by atoms with van der Waals surface area (Å²) in [5.74, 6) is -2.70. The molecule has 0 unspecified atom stereocenters. The van der Waals surface area contributed by atoms with Crippen LogP contribution in [0.5, 0.6) is 0 Å². The van der Waals surface area contributed by atoms with Gasteiger partial charge in [0.2, 0.25) is 5.91 Å². The molecule has 0 aliphatic heterocycles. The Kier molecular flexibility index (Phi) is 9.46. The highest BCUT2D eigenvalue weighted by Crippen LogP contribution is 2.44. The molecule has 204 valence electrons. The highest BCUT2D eigenvalue weighted by atomic mass is 16.6. The number of carbonyl (C=O) groups is 4. The number of rotatable bonds is 10. The van der Waals surface area contributed by atoms with Crippen molar-refractivity contribution in [1.82, 2.24) is 15.7 Å². The van der Waals surface area contributed by atoms with Crippen LogP contribution in [0.1, 0.15) is 51.7 Å². The second kappa shape index (κ2) is 12.6. The normalized spacial score (nSPS) is 14.5. The first-order chi connectivity index (χ1) is 18.1. The van der Waals surface area contributed by atoms with Gasteiger partial charge in [-0.1, -0.05) is 62.4 Å². The van der Waals surface area contributed by atoms with Crippen LogP contribution in [0, 0.1) is 5.92 Å². The number of hydroxylamine groups is 2. The maximum atomic E-state index is 12.7. The molecule has 0 aromatic heterocycles. The van der Waals surface area contributed by atoms with Gasteiger partial charge in [0.15, 0.2) is 0 Å². The zero-order valence-corrected chi connectivity index (χ0v) is 22.3. The largest absolute Gasteiger partial charge is 0.464 e. The summed E-state index contributed by atoms with van der Waals surface area (Å²) in [6.45, 7) is 8.00. The van der Waals surface area contributed by atoms with Gasteiger partial charge in [0.05, 0.1) is 6.61 Å². The third-order valence-electron chi connectivity index (χ3n) is 6.53. The summed E-state index contributed by atoms with van der Waals surface area (Å²) >= 11 is 0. The van der Waals surface area contributed by atoms with Crippen LogP contribution in [-0.4, -0.2) is 65.5 Å². The number of esters is 1. The second-order valence-electron chi connectivity index (χ2n) is 9.53. The van der Waals surface area contributed by atoms with Gasteiger partial charge in [0.1, 0.15) is 24.7 Å². The van der Waals surface area contributed by atoms with Gasteiger partial charge in [-0.3, -0.25) is 14.8 Å². The molecule has 10 heteroatoms. The molecule has 3 rings (SSSR count). The van der Waals surface area contributed by atoms with Crippen molar-refractivity contribution >= 4 is 23.9 Å². The lowest BCUT2D eigenvalue weighted by atomic mass is 9.98. The molecule has 2 aromatic carbocycles. The first kappa shape index (κ1) is 28.6. The van der Waals surface area contributed by atoms with Crippen LogP contribution in [-0.2, 0) is 23.9 Å².